The second-order valence-electron chi connectivity index (χ2n) is 4.91. The summed E-state index contributed by atoms with van der Waals surface area (Å²) in [7, 11) is 1.86. The zero-order valence-corrected chi connectivity index (χ0v) is 11.3. The highest BCUT2D eigenvalue weighted by atomic mass is 15.3. The first-order chi connectivity index (χ1) is 8.79. The van der Waals surface area contributed by atoms with Crippen LogP contribution in [0.4, 0.5) is 0 Å². The zero-order valence-electron chi connectivity index (χ0n) is 11.3. The molecule has 0 aromatic carbocycles. The second kappa shape index (κ2) is 6.42. The van der Waals surface area contributed by atoms with E-state index in [4.69, 9.17) is 0 Å². The van der Waals surface area contributed by atoms with Gasteiger partial charge in [0.25, 0.3) is 0 Å². The van der Waals surface area contributed by atoms with Crippen molar-refractivity contribution in [1.82, 2.24) is 20.0 Å². The molecule has 0 amide bonds. The van der Waals surface area contributed by atoms with Crippen LogP contribution in [0.5, 0.6) is 0 Å². The Bertz CT molecular complexity index is 363. The van der Waals surface area contributed by atoms with E-state index < -0.39 is 0 Å². The van der Waals surface area contributed by atoms with Gasteiger partial charge in [0.15, 0.2) is 5.96 Å². The lowest BCUT2D eigenvalue weighted by Crippen LogP contribution is -2.46. The first-order valence-electron chi connectivity index (χ1n) is 6.72. The lowest BCUT2D eigenvalue weighted by molar-refractivity contribution is 0.273. The van der Waals surface area contributed by atoms with Gasteiger partial charge in [-0.2, -0.15) is 5.10 Å². The van der Waals surface area contributed by atoms with Crippen LogP contribution in [-0.2, 0) is 6.54 Å². The molecule has 5 heteroatoms. The van der Waals surface area contributed by atoms with E-state index in [1.807, 2.05) is 24.0 Å². The molecule has 0 saturated carbocycles. The van der Waals surface area contributed by atoms with Crippen molar-refractivity contribution >= 4 is 5.96 Å². The summed E-state index contributed by atoms with van der Waals surface area (Å²) in [5.74, 6) is 1.87. The van der Waals surface area contributed by atoms with Gasteiger partial charge in [0, 0.05) is 39.1 Å². The van der Waals surface area contributed by atoms with Crippen molar-refractivity contribution in [3.05, 3.63) is 18.5 Å². The SMILES string of the molecule is CN=C(NCCn1cccn1)N1CCC(C)CC1. The van der Waals surface area contributed by atoms with Gasteiger partial charge in [-0.15, -0.1) is 0 Å². The number of guanidine groups is 1. The minimum Gasteiger partial charge on any atom is -0.354 e. The van der Waals surface area contributed by atoms with Crippen LogP contribution in [0.15, 0.2) is 23.5 Å². The van der Waals surface area contributed by atoms with Gasteiger partial charge in [0.2, 0.25) is 0 Å². The molecule has 1 saturated heterocycles. The molecule has 1 N–H and O–H groups in total. The number of piperidine rings is 1. The van der Waals surface area contributed by atoms with Crippen LogP contribution in [0.2, 0.25) is 0 Å². The van der Waals surface area contributed by atoms with Crippen molar-refractivity contribution in [2.45, 2.75) is 26.3 Å². The Kier molecular flexibility index (Phi) is 4.61. The van der Waals surface area contributed by atoms with E-state index in [1.54, 1.807) is 6.20 Å². The average Bonchev–Trinajstić information content (AvgIpc) is 2.89. The number of aliphatic imine (C=N–C) groups is 1. The summed E-state index contributed by atoms with van der Waals surface area (Å²) in [6.45, 7) is 6.28. The van der Waals surface area contributed by atoms with E-state index in [-0.39, 0.29) is 0 Å². The Labute approximate surface area is 109 Å². The van der Waals surface area contributed by atoms with Crippen LogP contribution in [0, 0.1) is 5.92 Å². The molecule has 0 spiro atoms. The summed E-state index contributed by atoms with van der Waals surface area (Å²) >= 11 is 0. The molecule has 0 atom stereocenters. The molecule has 0 aliphatic carbocycles. The van der Waals surface area contributed by atoms with Crippen LogP contribution in [0.1, 0.15) is 19.8 Å². The fourth-order valence-electron chi connectivity index (χ4n) is 2.27. The van der Waals surface area contributed by atoms with Crippen molar-refractivity contribution in [2.24, 2.45) is 10.9 Å². The van der Waals surface area contributed by atoms with Crippen LogP contribution >= 0.6 is 0 Å². The van der Waals surface area contributed by atoms with E-state index in [0.717, 1.165) is 38.1 Å². The molecule has 0 radical (unpaired) electrons. The predicted octanol–water partition coefficient (Wildman–Crippen LogP) is 1.19. The molecule has 18 heavy (non-hydrogen) atoms. The Morgan fingerprint density at radius 2 is 2.22 bits per heavy atom. The zero-order chi connectivity index (χ0) is 12.8. The van der Waals surface area contributed by atoms with Gasteiger partial charge >= 0.3 is 0 Å². The minimum atomic E-state index is 0.850. The van der Waals surface area contributed by atoms with Gasteiger partial charge in [0.1, 0.15) is 0 Å². The lowest BCUT2D eigenvalue weighted by atomic mass is 10.00. The fraction of sp³-hybridized carbons (Fsp3) is 0.692. The largest absolute Gasteiger partial charge is 0.354 e. The van der Waals surface area contributed by atoms with Crippen molar-refractivity contribution in [3.8, 4) is 0 Å². The molecule has 0 unspecified atom stereocenters. The maximum atomic E-state index is 4.36. The number of aromatic nitrogens is 2. The second-order valence-corrected chi connectivity index (χ2v) is 4.91. The highest BCUT2D eigenvalue weighted by Crippen LogP contribution is 2.15. The molecule has 1 aromatic rings. The monoisotopic (exact) mass is 249 g/mol. The quantitative estimate of drug-likeness (QED) is 0.646. The smallest absolute Gasteiger partial charge is 0.193 e. The molecule has 100 valence electrons. The number of likely N-dealkylation sites (tertiary alicyclic amines) is 1. The maximum absolute atomic E-state index is 4.36. The fourth-order valence-corrected chi connectivity index (χ4v) is 2.27. The number of hydrogen-bond donors (Lipinski definition) is 1. The third kappa shape index (κ3) is 3.48. The van der Waals surface area contributed by atoms with Crippen molar-refractivity contribution < 1.29 is 0 Å². The number of nitrogens with zero attached hydrogens (tertiary/aromatic N) is 4. The third-order valence-corrected chi connectivity index (χ3v) is 3.48. The predicted molar refractivity (Wildman–Crippen MR) is 73.6 cm³/mol. The summed E-state index contributed by atoms with van der Waals surface area (Å²) < 4.78 is 1.93. The maximum Gasteiger partial charge on any atom is 0.193 e. The summed E-state index contributed by atoms with van der Waals surface area (Å²) in [5, 5.41) is 7.59. The van der Waals surface area contributed by atoms with E-state index in [2.05, 4.69) is 27.2 Å². The van der Waals surface area contributed by atoms with Crippen LogP contribution in [0.3, 0.4) is 0 Å². The van der Waals surface area contributed by atoms with Gasteiger partial charge in [-0.25, -0.2) is 0 Å². The number of rotatable bonds is 3. The summed E-state index contributed by atoms with van der Waals surface area (Å²) in [6, 6.07) is 1.95. The van der Waals surface area contributed by atoms with E-state index in [1.165, 1.54) is 12.8 Å². The summed E-state index contributed by atoms with van der Waals surface area (Å²) in [6.07, 6.45) is 6.31. The van der Waals surface area contributed by atoms with E-state index in [0.29, 0.717) is 0 Å². The summed E-state index contributed by atoms with van der Waals surface area (Å²) in [5.41, 5.74) is 0. The Balaban J connectivity index is 1.75. The Hall–Kier alpha value is -1.52. The standard InChI is InChI=1S/C13H23N5/c1-12-4-9-17(10-5-12)13(14-2)15-7-11-18-8-3-6-16-18/h3,6,8,12H,4-5,7,9-11H2,1-2H3,(H,14,15). The lowest BCUT2D eigenvalue weighted by Gasteiger charge is -2.32. The van der Waals surface area contributed by atoms with Gasteiger partial charge in [-0.05, 0) is 24.8 Å². The molecular formula is C13H23N5. The molecule has 1 fully saturated rings. The third-order valence-electron chi connectivity index (χ3n) is 3.48. The van der Waals surface area contributed by atoms with Crippen LogP contribution in [-0.4, -0.2) is 47.3 Å². The first-order valence-corrected chi connectivity index (χ1v) is 6.72. The molecule has 5 nitrogen and oxygen atoms in total. The minimum absolute atomic E-state index is 0.850. The van der Waals surface area contributed by atoms with E-state index in [9.17, 15) is 0 Å². The number of hydrogen-bond acceptors (Lipinski definition) is 2. The van der Waals surface area contributed by atoms with Gasteiger partial charge in [0.05, 0.1) is 6.54 Å². The normalized spacial score (nSPS) is 18.1. The van der Waals surface area contributed by atoms with E-state index >= 15 is 0 Å². The molecule has 1 aromatic heterocycles. The Morgan fingerprint density at radius 3 is 2.83 bits per heavy atom. The molecule has 2 heterocycles. The molecule has 2 rings (SSSR count). The first kappa shape index (κ1) is 12.9. The molecule has 1 aliphatic heterocycles. The van der Waals surface area contributed by atoms with Crippen molar-refractivity contribution in [2.75, 3.05) is 26.7 Å². The topological polar surface area (TPSA) is 45.5 Å². The van der Waals surface area contributed by atoms with Crippen LogP contribution in [0.25, 0.3) is 0 Å². The average molecular weight is 249 g/mol. The Morgan fingerprint density at radius 1 is 1.44 bits per heavy atom. The molecule has 1 aliphatic rings. The highest BCUT2D eigenvalue weighted by Gasteiger charge is 2.18. The van der Waals surface area contributed by atoms with Crippen LogP contribution < -0.4 is 5.32 Å². The highest BCUT2D eigenvalue weighted by molar-refractivity contribution is 5.79. The molecule has 0 bridgehead atoms. The van der Waals surface area contributed by atoms with Gasteiger partial charge < -0.3 is 10.2 Å². The van der Waals surface area contributed by atoms with Crippen molar-refractivity contribution in [3.63, 3.8) is 0 Å². The molecular weight excluding hydrogens is 226 g/mol. The van der Waals surface area contributed by atoms with Gasteiger partial charge in [-0.1, -0.05) is 6.92 Å². The number of nitrogens with one attached hydrogen (secondary N) is 1. The summed E-state index contributed by atoms with van der Waals surface area (Å²) in [4.78, 5) is 6.71. The van der Waals surface area contributed by atoms with Crippen molar-refractivity contribution in [1.29, 1.82) is 0 Å². The van der Waals surface area contributed by atoms with Gasteiger partial charge in [-0.3, -0.25) is 9.67 Å².